The molecule has 3 saturated carbocycles. The molecule has 0 N–H and O–H groups in total. The highest BCUT2D eigenvalue weighted by Crippen LogP contribution is 2.46. The lowest BCUT2D eigenvalue weighted by molar-refractivity contribution is 0.102. The fraction of sp³-hybridized carbons (Fsp3) is 0.964. The molecule has 0 aliphatic heterocycles. The van der Waals surface area contributed by atoms with Crippen molar-refractivity contribution in [1.82, 2.24) is 0 Å². The second kappa shape index (κ2) is 13.0. The van der Waals surface area contributed by atoms with E-state index in [1.54, 1.807) is 38.5 Å². The predicted molar refractivity (Wildman–Crippen MR) is 125 cm³/mol. The summed E-state index contributed by atoms with van der Waals surface area (Å²) in [4.78, 5) is 0. The number of nitrogens with zero attached hydrogens (tertiary/aromatic N) is 1. The van der Waals surface area contributed by atoms with Crippen LogP contribution in [0.3, 0.4) is 0 Å². The summed E-state index contributed by atoms with van der Waals surface area (Å²) in [6.07, 6.45) is 28.9. The zero-order valence-electron chi connectivity index (χ0n) is 19.6. The van der Waals surface area contributed by atoms with E-state index in [4.69, 9.17) is 5.26 Å². The van der Waals surface area contributed by atoms with E-state index in [1.807, 2.05) is 0 Å². The summed E-state index contributed by atoms with van der Waals surface area (Å²) in [7, 11) is 0. The second-order valence-electron chi connectivity index (χ2n) is 11.1. The van der Waals surface area contributed by atoms with E-state index in [0.29, 0.717) is 0 Å². The van der Waals surface area contributed by atoms with Crippen LogP contribution in [-0.4, -0.2) is 0 Å². The predicted octanol–water partition coefficient (Wildman–Crippen LogP) is 9.07. The summed E-state index contributed by atoms with van der Waals surface area (Å²) < 4.78 is 0. The molecule has 3 fully saturated rings. The van der Waals surface area contributed by atoms with Crippen molar-refractivity contribution in [1.29, 1.82) is 5.26 Å². The highest BCUT2D eigenvalue weighted by atomic mass is 14.4. The van der Waals surface area contributed by atoms with Gasteiger partial charge >= 0.3 is 0 Å². The third-order valence-electron chi connectivity index (χ3n) is 9.31. The lowest BCUT2D eigenvalue weighted by Gasteiger charge is -2.41. The van der Waals surface area contributed by atoms with Crippen LogP contribution in [0.15, 0.2) is 0 Å². The van der Waals surface area contributed by atoms with Gasteiger partial charge in [-0.2, -0.15) is 5.26 Å². The monoisotopic (exact) mass is 399 g/mol. The van der Waals surface area contributed by atoms with Crippen LogP contribution in [0.1, 0.15) is 135 Å². The van der Waals surface area contributed by atoms with E-state index in [0.717, 1.165) is 48.3 Å². The average molecular weight is 400 g/mol. The first-order chi connectivity index (χ1) is 14.3. The smallest absolute Gasteiger partial charge is 0.0621 e. The normalized spacial score (nSPS) is 35.9. The molecule has 29 heavy (non-hydrogen) atoms. The molecule has 0 aromatic carbocycles. The molecule has 3 aliphatic carbocycles. The summed E-state index contributed by atoms with van der Waals surface area (Å²) in [6, 6.07) is 2.35. The van der Waals surface area contributed by atoms with Crippen molar-refractivity contribution in [3.63, 3.8) is 0 Å². The molecule has 3 rings (SSSR count). The lowest BCUT2D eigenvalue weighted by atomic mass is 9.64. The maximum atomic E-state index is 8.82. The maximum absolute atomic E-state index is 8.82. The van der Waals surface area contributed by atoms with Crippen molar-refractivity contribution in [2.75, 3.05) is 0 Å². The molecular weight excluding hydrogens is 350 g/mol. The minimum absolute atomic E-state index is 0.779. The van der Waals surface area contributed by atoms with Gasteiger partial charge in [-0.3, -0.25) is 0 Å². The van der Waals surface area contributed by atoms with Crippen LogP contribution in [0.2, 0.25) is 0 Å². The topological polar surface area (TPSA) is 23.8 Å². The number of unbranched alkanes of at least 4 members (excludes halogenated alkanes) is 4. The Labute approximate surface area is 182 Å². The Kier molecular flexibility index (Phi) is 10.4. The van der Waals surface area contributed by atoms with Crippen molar-refractivity contribution >= 4 is 0 Å². The van der Waals surface area contributed by atoms with Crippen LogP contribution in [0.5, 0.6) is 0 Å². The highest BCUT2D eigenvalue weighted by Gasteiger charge is 2.34. The van der Waals surface area contributed by atoms with Crippen molar-refractivity contribution in [3.05, 3.63) is 0 Å². The highest BCUT2D eigenvalue weighted by molar-refractivity contribution is 4.86. The SMILES string of the molecule is CCCCCCCC1CCC(C2CCC(C3CCC(CCC#N)CC3)CC2)CC1. The van der Waals surface area contributed by atoms with Gasteiger partial charge < -0.3 is 0 Å². The molecule has 0 radical (unpaired) electrons. The summed E-state index contributed by atoms with van der Waals surface area (Å²) >= 11 is 0. The Morgan fingerprint density at radius 3 is 1.41 bits per heavy atom. The number of rotatable bonds is 10. The molecule has 0 spiro atoms. The van der Waals surface area contributed by atoms with Crippen molar-refractivity contribution in [2.24, 2.45) is 35.5 Å². The van der Waals surface area contributed by atoms with Crippen LogP contribution in [0, 0.1) is 46.8 Å². The van der Waals surface area contributed by atoms with Gasteiger partial charge in [-0.05, 0) is 93.3 Å². The van der Waals surface area contributed by atoms with Crippen LogP contribution in [-0.2, 0) is 0 Å². The largest absolute Gasteiger partial charge is 0.198 e. The standard InChI is InChI=1S/C28H49N/c1-2-3-4-5-6-8-23-10-14-25(15-11-23)27-18-20-28(21-19-27)26-16-12-24(13-17-26)9-7-22-29/h23-28H,2-21H2,1H3. The zero-order chi connectivity index (χ0) is 20.3. The molecule has 0 heterocycles. The summed E-state index contributed by atoms with van der Waals surface area (Å²) in [5, 5.41) is 8.82. The third kappa shape index (κ3) is 7.60. The summed E-state index contributed by atoms with van der Waals surface area (Å²) in [6.45, 7) is 2.32. The van der Waals surface area contributed by atoms with E-state index in [9.17, 15) is 0 Å². The lowest BCUT2D eigenvalue weighted by Crippen LogP contribution is -2.29. The molecule has 0 aromatic rings. The Morgan fingerprint density at radius 1 is 0.552 bits per heavy atom. The van der Waals surface area contributed by atoms with Gasteiger partial charge in [0.1, 0.15) is 0 Å². The average Bonchev–Trinajstić information content (AvgIpc) is 2.78. The molecule has 166 valence electrons. The first-order valence-electron chi connectivity index (χ1n) is 13.7. The number of hydrogen-bond acceptors (Lipinski definition) is 1. The molecule has 0 amide bonds. The van der Waals surface area contributed by atoms with Gasteiger partial charge in [0.2, 0.25) is 0 Å². The molecule has 1 nitrogen and oxygen atoms in total. The van der Waals surface area contributed by atoms with E-state index in [1.165, 1.54) is 77.0 Å². The van der Waals surface area contributed by atoms with Crippen molar-refractivity contribution < 1.29 is 0 Å². The van der Waals surface area contributed by atoms with Crippen molar-refractivity contribution in [2.45, 2.75) is 135 Å². The fourth-order valence-electron chi connectivity index (χ4n) is 7.29. The first kappa shape index (κ1) is 23.2. The van der Waals surface area contributed by atoms with E-state index >= 15 is 0 Å². The van der Waals surface area contributed by atoms with Crippen LogP contribution in [0.4, 0.5) is 0 Å². The summed E-state index contributed by atoms with van der Waals surface area (Å²) in [5.74, 6) is 6.16. The van der Waals surface area contributed by atoms with E-state index < -0.39 is 0 Å². The first-order valence-corrected chi connectivity index (χ1v) is 13.7. The Hall–Kier alpha value is -0.510. The van der Waals surface area contributed by atoms with Gasteiger partial charge in [-0.25, -0.2) is 0 Å². The quantitative estimate of drug-likeness (QED) is 0.336. The zero-order valence-corrected chi connectivity index (χ0v) is 19.6. The summed E-state index contributed by atoms with van der Waals surface area (Å²) in [5.41, 5.74) is 0. The molecule has 1 heteroatoms. The molecule has 0 atom stereocenters. The van der Waals surface area contributed by atoms with E-state index in [2.05, 4.69) is 13.0 Å². The Balaban J connectivity index is 1.27. The molecule has 3 aliphatic rings. The van der Waals surface area contributed by atoms with Gasteiger partial charge in [-0.15, -0.1) is 0 Å². The van der Waals surface area contributed by atoms with Crippen LogP contribution in [0.25, 0.3) is 0 Å². The number of nitriles is 1. The third-order valence-corrected chi connectivity index (χ3v) is 9.31. The van der Waals surface area contributed by atoms with Gasteiger partial charge in [0.05, 0.1) is 6.07 Å². The van der Waals surface area contributed by atoms with Gasteiger partial charge in [0.25, 0.3) is 0 Å². The fourth-order valence-corrected chi connectivity index (χ4v) is 7.29. The molecule has 0 saturated heterocycles. The Bertz CT molecular complexity index is 453. The Morgan fingerprint density at radius 2 is 0.966 bits per heavy atom. The molecule has 0 unspecified atom stereocenters. The van der Waals surface area contributed by atoms with Crippen LogP contribution >= 0.6 is 0 Å². The maximum Gasteiger partial charge on any atom is 0.0621 e. The second-order valence-corrected chi connectivity index (χ2v) is 11.1. The molecule has 0 bridgehead atoms. The molecular formula is C28H49N. The van der Waals surface area contributed by atoms with Gasteiger partial charge in [0.15, 0.2) is 0 Å². The van der Waals surface area contributed by atoms with Crippen LogP contribution < -0.4 is 0 Å². The van der Waals surface area contributed by atoms with Gasteiger partial charge in [-0.1, -0.05) is 71.1 Å². The minimum Gasteiger partial charge on any atom is -0.198 e. The van der Waals surface area contributed by atoms with Crippen molar-refractivity contribution in [3.8, 4) is 6.07 Å². The number of hydrogen-bond donors (Lipinski definition) is 0. The molecule has 0 aromatic heterocycles. The van der Waals surface area contributed by atoms with E-state index in [-0.39, 0.29) is 0 Å². The van der Waals surface area contributed by atoms with Gasteiger partial charge in [0, 0.05) is 6.42 Å². The minimum atomic E-state index is 0.779.